The lowest BCUT2D eigenvalue weighted by atomic mass is 10.0. The predicted molar refractivity (Wildman–Crippen MR) is 83.1 cm³/mol. The van der Waals surface area contributed by atoms with Crippen molar-refractivity contribution in [1.82, 2.24) is 5.06 Å². The topological polar surface area (TPSA) is 112 Å². The van der Waals surface area contributed by atoms with Gasteiger partial charge in [0, 0.05) is 13.8 Å². The number of aliphatic hydroxyl groups is 1. The molecule has 3 fully saturated rings. The summed E-state index contributed by atoms with van der Waals surface area (Å²) in [5, 5.41) is 11.5. The number of hydrogen-bond acceptors (Lipinski definition) is 8. The first kappa shape index (κ1) is 19.5. The summed E-state index contributed by atoms with van der Waals surface area (Å²) in [7, 11) is 0. The maximum absolute atomic E-state index is 12.5. The summed E-state index contributed by atoms with van der Waals surface area (Å²) in [6.07, 6.45) is -4.16. The van der Waals surface area contributed by atoms with Gasteiger partial charge in [-0.15, -0.1) is 0 Å². The van der Waals surface area contributed by atoms with Gasteiger partial charge in [0.2, 0.25) is 0 Å². The molecular formula is C16H25NO8. The number of aliphatic hydroxyl groups excluding tert-OH is 1. The quantitative estimate of drug-likeness (QED) is 0.572. The molecule has 0 aromatic rings. The second-order valence-electron chi connectivity index (χ2n) is 7.23. The number of amides is 1. The van der Waals surface area contributed by atoms with Crippen molar-refractivity contribution in [3.05, 3.63) is 0 Å². The van der Waals surface area contributed by atoms with Gasteiger partial charge in [-0.1, -0.05) is 0 Å². The van der Waals surface area contributed by atoms with Crippen molar-refractivity contribution >= 4 is 18.0 Å². The van der Waals surface area contributed by atoms with Gasteiger partial charge in [-0.05, 0) is 33.6 Å². The fourth-order valence-corrected chi connectivity index (χ4v) is 3.04. The van der Waals surface area contributed by atoms with E-state index in [1.54, 1.807) is 20.8 Å². The fourth-order valence-electron chi connectivity index (χ4n) is 3.04. The zero-order chi connectivity index (χ0) is 18.9. The Bertz CT molecular complexity index is 543. The van der Waals surface area contributed by atoms with Crippen molar-refractivity contribution in [2.24, 2.45) is 0 Å². The number of hydroxylamine groups is 2. The van der Waals surface area contributed by atoms with Crippen molar-refractivity contribution < 1.29 is 38.5 Å². The summed E-state index contributed by atoms with van der Waals surface area (Å²) >= 11 is 0. The van der Waals surface area contributed by atoms with E-state index < -0.39 is 54.1 Å². The van der Waals surface area contributed by atoms with E-state index in [1.165, 1.54) is 13.8 Å². The van der Waals surface area contributed by atoms with Crippen LogP contribution in [0.3, 0.4) is 0 Å². The first-order chi connectivity index (χ1) is 11.5. The standard InChI is InChI=1S/C16H25NO8/c1-8(18)22-13-10-6-7-11(12(20)14(13)23-9(2)19)25-17(10)15(21)24-16(3,4)5/h10-14,20H,6-7H2,1-5H3/t10-,11+,12+,13+,14-/m0/s1. The van der Waals surface area contributed by atoms with Crippen molar-refractivity contribution in [2.45, 2.75) is 83.5 Å². The van der Waals surface area contributed by atoms with Crippen LogP contribution in [0.2, 0.25) is 0 Å². The average Bonchev–Trinajstić information content (AvgIpc) is 2.63. The van der Waals surface area contributed by atoms with Crippen LogP contribution in [-0.4, -0.2) is 64.3 Å². The van der Waals surface area contributed by atoms with Crippen LogP contribution in [-0.2, 0) is 28.6 Å². The highest BCUT2D eigenvalue weighted by Crippen LogP contribution is 2.36. The summed E-state index contributed by atoms with van der Waals surface area (Å²) in [4.78, 5) is 41.0. The van der Waals surface area contributed by atoms with Gasteiger partial charge in [-0.2, -0.15) is 5.06 Å². The van der Waals surface area contributed by atoms with Gasteiger partial charge < -0.3 is 19.3 Å². The lowest BCUT2D eigenvalue weighted by molar-refractivity contribution is -0.243. The van der Waals surface area contributed by atoms with Crippen molar-refractivity contribution in [3.8, 4) is 0 Å². The highest BCUT2D eigenvalue weighted by Gasteiger charge is 2.54. The van der Waals surface area contributed by atoms with E-state index in [0.717, 1.165) is 5.06 Å². The number of carbonyl (C=O) groups excluding carboxylic acids is 3. The van der Waals surface area contributed by atoms with Crippen LogP contribution < -0.4 is 0 Å². The molecule has 0 spiro atoms. The fraction of sp³-hybridized carbons (Fsp3) is 0.812. The molecule has 0 aromatic heterocycles. The first-order valence-corrected chi connectivity index (χ1v) is 8.21. The highest BCUT2D eigenvalue weighted by molar-refractivity contribution is 5.69. The lowest BCUT2D eigenvalue weighted by Crippen LogP contribution is -2.53. The van der Waals surface area contributed by atoms with E-state index in [1.807, 2.05) is 0 Å². The molecule has 2 saturated heterocycles. The monoisotopic (exact) mass is 359 g/mol. The summed E-state index contributed by atoms with van der Waals surface area (Å²) in [6.45, 7) is 7.52. The summed E-state index contributed by atoms with van der Waals surface area (Å²) in [5.74, 6) is -1.25. The Morgan fingerprint density at radius 2 is 1.60 bits per heavy atom. The molecule has 0 radical (unpaired) electrons. The van der Waals surface area contributed by atoms with Crippen LogP contribution in [0.5, 0.6) is 0 Å². The molecule has 3 rings (SSSR count). The molecular weight excluding hydrogens is 334 g/mol. The smallest absolute Gasteiger partial charge is 0.434 e. The Morgan fingerprint density at radius 1 is 1.04 bits per heavy atom. The second kappa shape index (κ2) is 7.17. The molecule has 9 nitrogen and oxygen atoms in total. The Balaban J connectivity index is 2.34. The Morgan fingerprint density at radius 3 is 2.12 bits per heavy atom. The third-order valence-corrected chi connectivity index (χ3v) is 3.90. The number of carbonyl (C=O) groups is 3. The van der Waals surface area contributed by atoms with Crippen LogP contribution in [0.1, 0.15) is 47.5 Å². The highest BCUT2D eigenvalue weighted by atomic mass is 16.7. The second-order valence-corrected chi connectivity index (χ2v) is 7.23. The molecule has 1 N–H and O–H groups in total. The third-order valence-electron chi connectivity index (χ3n) is 3.90. The van der Waals surface area contributed by atoms with E-state index in [4.69, 9.17) is 19.0 Å². The van der Waals surface area contributed by atoms with Gasteiger partial charge in [0.05, 0.1) is 0 Å². The molecule has 0 aromatic carbocycles. The molecule has 9 heteroatoms. The van der Waals surface area contributed by atoms with Gasteiger partial charge in [0.25, 0.3) is 0 Å². The van der Waals surface area contributed by atoms with Crippen molar-refractivity contribution in [3.63, 3.8) is 0 Å². The molecule has 1 amide bonds. The minimum Gasteiger partial charge on any atom is -0.456 e. The molecule has 142 valence electrons. The lowest BCUT2D eigenvalue weighted by Gasteiger charge is -2.38. The van der Waals surface area contributed by atoms with Gasteiger partial charge in [0.1, 0.15) is 23.9 Å². The molecule has 25 heavy (non-hydrogen) atoms. The largest absolute Gasteiger partial charge is 0.456 e. The SMILES string of the molecule is CC(=O)O[C@H]1[C@H](O)[C@H]2CC[C@@H]([C@H]1OC(C)=O)N(C(=O)OC(C)(C)C)O2. The Hall–Kier alpha value is -1.87. The summed E-state index contributed by atoms with van der Waals surface area (Å²) in [6, 6.07) is -0.739. The zero-order valence-electron chi connectivity index (χ0n) is 15.1. The number of ether oxygens (including phenoxy) is 3. The number of nitrogens with zero attached hydrogens (tertiary/aromatic N) is 1. The molecule has 3 aliphatic rings. The molecule has 2 heterocycles. The Kier molecular flexibility index (Phi) is 5.58. The maximum Gasteiger partial charge on any atom is 0.434 e. The van der Waals surface area contributed by atoms with E-state index >= 15 is 0 Å². The van der Waals surface area contributed by atoms with Crippen LogP contribution in [0.25, 0.3) is 0 Å². The molecule has 5 atom stereocenters. The molecule has 2 aliphatic heterocycles. The zero-order valence-corrected chi connectivity index (χ0v) is 15.1. The van der Waals surface area contributed by atoms with Crippen molar-refractivity contribution in [2.75, 3.05) is 0 Å². The van der Waals surface area contributed by atoms with E-state index in [0.29, 0.717) is 12.8 Å². The van der Waals surface area contributed by atoms with Gasteiger partial charge in [0.15, 0.2) is 12.2 Å². The number of hydrogen-bond donors (Lipinski definition) is 1. The average molecular weight is 359 g/mol. The van der Waals surface area contributed by atoms with Crippen LogP contribution >= 0.6 is 0 Å². The first-order valence-electron chi connectivity index (χ1n) is 8.21. The summed E-state index contributed by atoms with van der Waals surface area (Å²) < 4.78 is 15.8. The number of fused-ring (bicyclic) bond motifs is 4. The molecule has 0 unspecified atom stereocenters. The van der Waals surface area contributed by atoms with Crippen LogP contribution in [0.15, 0.2) is 0 Å². The predicted octanol–water partition coefficient (Wildman–Crippen LogP) is 0.924. The normalized spacial score (nSPS) is 31.9. The van der Waals surface area contributed by atoms with Gasteiger partial charge in [-0.3, -0.25) is 14.4 Å². The minimum absolute atomic E-state index is 0.399. The number of rotatable bonds is 2. The van der Waals surface area contributed by atoms with Gasteiger partial charge >= 0.3 is 18.0 Å². The number of esters is 2. The van der Waals surface area contributed by atoms with E-state index in [2.05, 4.69) is 0 Å². The Labute approximate surface area is 146 Å². The van der Waals surface area contributed by atoms with E-state index in [9.17, 15) is 19.5 Å². The van der Waals surface area contributed by atoms with Crippen molar-refractivity contribution in [1.29, 1.82) is 0 Å². The molecule has 1 saturated carbocycles. The van der Waals surface area contributed by atoms with Crippen LogP contribution in [0.4, 0.5) is 4.79 Å². The maximum atomic E-state index is 12.5. The summed E-state index contributed by atoms with van der Waals surface area (Å²) in [5.41, 5.74) is -0.753. The van der Waals surface area contributed by atoms with Gasteiger partial charge in [-0.25, -0.2) is 4.79 Å². The molecule has 2 bridgehead atoms. The third kappa shape index (κ3) is 4.60. The minimum atomic E-state index is -1.24. The molecule has 1 aliphatic carbocycles. The van der Waals surface area contributed by atoms with Crippen LogP contribution in [0, 0.1) is 0 Å². The van der Waals surface area contributed by atoms with E-state index in [-0.39, 0.29) is 0 Å².